The molecular formula is C17H17N7O2S. The van der Waals surface area contributed by atoms with E-state index in [1.54, 1.807) is 17.1 Å². The minimum Gasteiger partial charge on any atom is -0.346 e. The Morgan fingerprint density at radius 3 is 3.07 bits per heavy atom. The second-order valence-electron chi connectivity index (χ2n) is 6.47. The van der Waals surface area contributed by atoms with Gasteiger partial charge < -0.3 is 9.83 Å². The van der Waals surface area contributed by atoms with Crippen LogP contribution in [0.1, 0.15) is 6.42 Å². The zero-order chi connectivity index (χ0) is 19.1. The number of H-pyrrole nitrogens is 1. The van der Waals surface area contributed by atoms with E-state index in [1.165, 1.54) is 10.6 Å². The van der Waals surface area contributed by atoms with E-state index in [-0.39, 0.29) is 13.1 Å². The maximum absolute atomic E-state index is 12.1. The molecule has 1 fully saturated rings. The first kappa shape index (κ1) is 17.4. The highest BCUT2D eigenvalue weighted by Crippen LogP contribution is 2.33. The SMILES string of the molecule is [C-]#[N+]CC1(n2cc(-c3ncnc4[nH]ccc34)cn2)CCN(S(=O)(=O)C=C)C1. The van der Waals surface area contributed by atoms with Gasteiger partial charge in [-0.3, -0.25) is 4.68 Å². The Bertz CT molecular complexity index is 1160. The van der Waals surface area contributed by atoms with Gasteiger partial charge in [0.25, 0.3) is 0 Å². The standard InChI is InChI=1S/C17H17N7O2S/c1-3-27(25,26)23-7-5-17(11-23,10-18-2)24-9-13(8-22-24)15-14-4-6-19-16(14)21-12-20-15/h3-4,6,8-9,12H,1,5,7,10-11H2,(H,19,20,21). The van der Waals surface area contributed by atoms with Crippen LogP contribution in [-0.2, 0) is 15.6 Å². The van der Waals surface area contributed by atoms with Crippen LogP contribution in [0.4, 0.5) is 0 Å². The minimum absolute atomic E-state index is 0.140. The lowest BCUT2D eigenvalue weighted by Crippen LogP contribution is -2.41. The monoisotopic (exact) mass is 383 g/mol. The molecule has 4 rings (SSSR count). The van der Waals surface area contributed by atoms with Crippen LogP contribution in [0.2, 0.25) is 0 Å². The molecule has 1 unspecified atom stereocenters. The number of hydrogen-bond donors (Lipinski definition) is 1. The highest BCUT2D eigenvalue weighted by atomic mass is 32.2. The molecule has 0 spiro atoms. The summed E-state index contributed by atoms with van der Waals surface area (Å²) in [5.41, 5.74) is 1.54. The van der Waals surface area contributed by atoms with Crippen molar-refractivity contribution in [3.63, 3.8) is 0 Å². The van der Waals surface area contributed by atoms with Crippen LogP contribution in [0.3, 0.4) is 0 Å². The maximum atomic E-state index is 12.1. The molecule has 10 heteroatoms. The number of aromatic nitrogens is 5. The van der Waals surface area contributed by atoms with Gasteiger partial charge in [-0.05, 0) is 12.5 Å². The molecule has 27 heavy (non-hydrogen) atoms. The predicted molar refractivity (Wildman–Crippen MR) is 99.9 cm³/mol. The lowest BCUT2D eigenvalue weighted by Gasteiger charge is -2.24. The van der Waals surface area contributed by atoms with Crippen molar-refractivity contribution >= 4 is 21.1 Å². The van der Waals surface area contributed by atoms with Crippen LogP contribution < -0.4 is 0 Å². The molecular weight excluding hydrogens is 366 g/mol. The largest absolute Gasteiger partial charge is 0.346 e. The molecule has 3 aromatic heterocycles. The summed E-state index contributed by atoms with van der Waals surface area (Å²) >= 11 is 0. The zero-order valence-corrected chi connectivity index (χ0v) is 15.2. The molecule has 138 valence electrons. The maximum Gasteiger partial charge on any atom is 0.240 e. The molecule has 1 aliphatic heterocycles. The number of sulfonamides is 1. The third-order valence-corrected chi connectivity index (χ3v) is 6.39. The molecule has 0 radical (unpaired) electrons. The van der Waals surface area contributed by atoms with E-state index in [2.05, 4.69) is 31.5 Å². The Morgan fingerprint density at radius 2 is 2.30 bits per heavy atom. The number of rotatable bonds is 5. The zero-order valence-electron chi connectivity index (χ0n) is 14.4. The van der Waals surface area contributed by atoms with Crippen LogP contribution in [-0.4, -0.2) is 57.1 Å². The van der Waals surface area contributed by atoms with Gasteiger partial charge in [0, 0.05) is 41.8 Å². The number of hydrogen-bond acceptors (Lipinski definition) is 5. The van der Waals surface area contributed by atoms with Crippen molar-refractivity contribution in [2.24, 2.45) is 0 Å². The fourth-order valence-corrected chi connectivity index (χ4v) is 4.46. The molecule has 1 aliphatic rings. The van der Waals surface area contributed by atoms with Crippen molar-refractivity contribution in [3.05, 3.63) is 54.4 Å². The number of fused-ring (bicyclic) bond motifs is 1. The van der Waals surface area contributed by atoms with Gasteiger partial charge >= 0.3 is 0 Å². The fraction of sp³-hybridized carbons (Fsp3) is 0.294. The number of nitrogens with zero attached hydrogens (tertiary/aromatic N) is 6. The van der Waals surface area contributed by atoms with E-state index in [0.717, 1.165) is 27.7 Å². The van der Waals surface area contributed by atoms with E-state index in [1.807, 2.05) is 12.3 Å². The minimum atomic E-state index is -3.53. The summed E-state index contributed by atoms with van der Waals surface area (Å²) in [4.78, 5) is 15.1. The lowest BCUT2D eigenvalue weighted by molar-refractivity contribution is 0.294. The van der Waals surface area contributed by atoms with Crippen molar-refractivity contribution < 1.29 is 8.42 Å². The molecule has 3 aromatic rings. The summed E-state index contributed by atoms with van der Waals surface area (Å²) < 4.78 is 27.4. The summed E-state index contributed by atoms with van der Waals surface area (Å²) in [6.45, 7) is 11.4. The molecule has 0 saturated carbocycles. The Labute approximate surface area is 156 Å². The van der Waals surface area contributed by atoms with Gasteiger partial charge in [0.2, 0.25) is 16.6 Å². The van der Waals surface area contributed by atoms with Gasteiger partial charge in [-0.15, -0.1) is 0 Å². The van der Waals surface area contributed by atoms with Crippen molar-refractivity contribution in [3.8, 4) is 11.3 Å². The second kappa shape index (κ2) is 6.29. The first-order chi connectivity index (χ1) is 13.0. The Hall–Kier alpha value is -3.03. The predicted octanol–water partition coefficient (Wildman–Crippen LogP) is 1.61. The number of aromatic amines is 1. The molecule has 1 saturated heterocycles. The summed E-state index contributed by atoms with van der Waals surface area (Å²) in [6, 6.07) is 1.89. The highest BCUT2D eigenvalue weighted by Gasteiger charge is 2.46. The average Bonchev–Trinajstić information content (AvgIpc) is 3.40. The summed E-state index contributed by atoms with van der Waals surface area (Å²) in [7, 11) is -3.53. The normalized spacial score (nSPS) is 20.7. The summed E-state index contributed by atoms with van der Waals surface area (Å²) in [5, 5.41) is 6.27. The molecule has 4 heterocycles. The summed E-state index contributed by atoms with van der Waals surface area (Å²) in [6.07, 6.45) is 7.29. The Morgan fingerprint density at radius 1 is 1.44 bits per heavy atom. The average molecular weight is 383 g/mol. The van der Waals surface area contributed by atoms with E-state index >= 15 is 0 Å². The van der Waals surface area contributed by atoms with E-state index < -0.39 is 15.6 Å². The van der Waals surface area contributed by atoms with Gasteiger partial charge in [-0.25, -0.2) is 25.0 Å². The van der Waals surface area contributed by atoms with Crippen molar-refractivity contribution in [2.45, 2.75) is 12.0 Å². The van der Waals surface area contributed by atoms with Crippen molar-refractivity contribution in [2.75, 3.05) is 19.6 Å². The molecule has 0 aliphatic carbocycles. The van der Waals surface area contributed by atoms with Crippen LogP contribution in [0.25, 0.3) is 27.1 Å². The third-order valence-electron chi connectivity index (χ3n) is 4.94. The fourth-order valence-electron chi connectivity index (χ4n) is 3.48. The lowest BCUT2D eigenvalue weighted by atomic mass is 9.99. The molecule has 0 amide bonds. The second-order valence-corrected chi connectivity index (χ2v) is 8.35. The van der Waals surface area contributed by atoms with Crippen LogP contribution in [0.5, 0.6) is 0 Å². The molecule has 1 atom stereocenters. The Balaban J connectivity index is 1.73. The smallest absolute Gasteiger partial charge is 0.240 e. The number of nitrogens with one attached hydrogen (secondary N) is 1. The van der Waals surface area contributed by atoms with E-state index in [9.17, 15) is 8.42 Å². The van der Waals surface area contributed by atoms with Gasteiger partial charge in [0.1, 0.15) is 17.5 Å². The van der Waals surface area contributed by atoms with Crippen molar-refractivity contribution in [1.82, 2.24) is 29.0 Å². The molecule has 0 aromatic carbocycles. The highest BCUT2D eigenvalue weighted by molar-refractivity contribution is 7.92. The van der Waals surface area contributed by atoms with Gasteiger partial charge in [-0.1, -0.05) is 6.58 Å². The molecule has 1 N–H and O–H groups in total. The summed E-state index contributed by atoms with van der Waals surface area (Å²) in [5.74, 6) is 0. The van der Waals surface area contributed by atoms with Crippen LogP contribution in [0.15, 0.2) is 43.0 Å². The van der Waals surface area contributed by atoms with Gasteiger partial charge in [0.15, 0.2) is 0 Å². The van der Waals surface area contributed by atoms with Gasteiger partial charge in [0.05, 0.1) is 11.9 Å². The van der Waals surface area contributed by atoms with E-state index in [4.69, 9.17) is 6.57 Å². The quantitative estimate of drug-likeness (QED) is 0.675. The topological polar surface area (TPSA) is 101 Å². The molecule has 9 nitrogen and oxygen atoms in total. The first-order valence-corrected chi connectivity index (χ1v) is 9.79. The van der Waals surface area contributed by atoms with Crippen molar-refractivity contribution in [1.29, 1.82) is 0 Å². The van der Waals surface area contributed by atoms with E-state index in [0.29, 0.717) is 13.0 Å². The Kier molecular flexibility index (Phi) is 4.05. The molecule has 0 bridgehead atoms. The van der Waals surface area contributed by atoms with Crippen LogP contribution >= 0.6 is 0 Å². The van der Waals surface area contributed by atoms with Gasteiger partial charge in [-0.2, -0.15) is 9.40 Å². The third kappa shape index (κ3) is 2.81. The van der Waals surface area contributed by atoms with Crippen LogP contribution in [0, 0.1) is 6.57 Å². The first-order valence-electron chi connectivity index (χ1n) is 8.28.